The summed E-state index contributed by atoms with van der Waals surface area (Å²) in [6.07, 6.45) is -7.09. The third-order valence-corrected chi connectivity index (χ3v) is 2.38. The van der Waals surface area contributed by atoms with E-state index >= 15 is 0 Å². The van der Waals surface area contributed by atoms with E-state index in [1.54, 1.807) is 0 Å². The molecule has 1 unspecified atom stereocenters. The van der Waals surface area contributed by atoms with Crippen LogP contribution >= 0.6 is 0 Å². The second kappa shape index (κ2) is 7.41. The molecule has 1 aliphatic rings. The van der Waals surface area contributed by atoms with Crippen molar-refractivity contribution < 1.29 is 42.5 Å². The van der Waals surface area contributed by atoms with Crippen LogP contribution in [0, 0.1) is 0 Å². The molecule has 0 aromatic heterocycles. The van der Waals surface area contributed by atoms with Gasteiger partial charge in [-0.25, -0.2) is 18.8 Å². The Morgan fingerprint density at radius 3 is 2.50 bits per heavy atom. The molecule has 112 valence electrons. The van der Waals surface area contributed by atoms with Crippen LogP contribution in [0.3, 0.4) is 0 Å². The molecule has 4 atom stereocenters. The summed E-state index contributed by atoms with van der Waals surface area (Å²) in [5.41, 5.74) is 0. The normalized spacial score (nSPS) is 28.1. The molecule has 0 aromatic rings. The van der Waals surface area contributed by atoms with Gasteiger partial charge in [0.1, 0.15) is 12.7 Å². The van der Waals surface area contributed by atoms with Crippen molar-refractivity contribution in [1.82, 2.24) is 0 Å². The van der Waals surface area contributed by atoms with E-state index in [1.807, 2.05) is 0 Å². The lowest BCUT2D eigenvalue weighted by Crippen LogP contribution is -2.37. The summed E-state index contributed by atoms with van der Waals surface area (Å²) >= 11 is 0. The fourth-order valence-electron chi connectivity index (χ4n) is 1.50. The van der Waals surface area contributed by atoms with Crippen LogP contribution in [0.5, 0.6) is 0 Å². The van der Waals surface area contributed by atoms with Crippen molar-refractivity contribution in [2.75, 3.05) is 20.8 Å². The second-order valence-electron chi connectivity index (χ2n) is 3.53. The minimum atomic E-state index is -1.93. The summed E-state index contributed by atoms with van der Waals surface area (Å²) in [5, 5.41) is 0. The maximum Gasteiger partial charge on any atom is 0.508 e. The zero-order valence-corrected chi connectivity index (χ0v) is 10.6. The standard InChI is InChI=1S/C10H12FNO8/c1-16-9(14)18-3-5-7(20-10(15)17-2)6(11)8(19-5)12-4-13/h5-8H,3H2,1-2H3/t5-,6+,7-,8?/m1/s1. The Hall–Kier alpha value is -2.19. The maximum atomic E-state index is 13.9. The lowest BCUT2D eigenvalue weighted by Gasteiger charge is -2.18. The van der Waals surface area contributed by atoms with Gasteiger partial charge in [0.25, 0.3) is 0 Å². The van der Waals surface area contributed by atoms with Gasteiger partial charge in [0.2, 0.25) is 6.08 Å². The first kappa shape index (κ1) is 15.9. The second-order valence-corrected chi connectivity index (χ2v) is 3.53. The fraction of sp³-hybridized carbons (Fsp3) is 0.700. The van der Waals surface area contributed by atoms with E-state index in [2.05, 4.69) is 23.9 Å². The van der Waals surface area contributed by atoms with E-state index < -0.39 is 43.5 Å². The zero-order valence-electron chi connectivity index (χ0n) is 10.6. The molecule has 1 rings (SSSR count). The first-order valence-electron chi connectivity index (χ1n) is 5.35. The highest BCUT2D eigenvalue weighted by molar-refractivity contribution is 5.60. The smallest absolute Gasteiger partial charge is 0.438 e. The Labute approximate surface area is 112 Å². The average Bonchev–Trinajstić information content (AvgIpc) is 2.73. The number of nitrogens with zero attached hydrogens (tertiary/aromatic N) is 1. The summed E-state index contributed by atoms with van der Waals surface area (Å²) in [4.78, 5) is 35.1. The molecule has 0 bridgehead atoms. The molecule has 0 aromatic carbocycles. The largest absolute Gasteiger partial charge is 0.508 e. The molecule has 0 aliphatic carbocycles. The van der Waals surface area contributed by atoms with Crippen LogP contribution in [-0.2, 0) is 28.5 Å². The quantitative estimate of drug-likeness (QED) is 0.414. The Bertz CT molecular complexity index is 410. The monoisotopic (exact) mass is 293 g/mol. The van der Waals surface area contributed by atoms with Crippen LogP contribution in [0.4, 0.5) is 14.0 Å². The van der Waals surface area contributed by atoms with Crippen LogP contribution < -0.4 is 0 Å². The number of hydrogen-bond acceptors (Lipinski definition) is 9. The number of isocyanates is 1. The van der Waals surface area contributed by atoms with E-state index in [4.69, 9.17) is 4.74 Å². The Morgan fingerprint density at radius 2 is 1.95 bits per heavy atom. The Morgan fingerprint density at radius 1 is 1.30 bits per heavy atom. The number of ether oxygens (including phenoxy) is 5. The van der Waals surface area contributed by atoms with Gasteiger partial charge in [-0.2, -0.15) is 4.99 Å². The molecule has 1 aliphatic heterocycles. The van der Waals surface area contributed by atoms with Gasteiger partial charge in [-0.05, 0) is 0 Å². The molecule has 1 heterocycles. The van der Waals surface area contributed by atoms with Gasteiger partial charge in [0.05, 0.1) is 14.2 Å². The Balaban J connectivity index is 2.73. The molecule has 0 spiro atoms. The first-order valence-corrected chi connectivity index (χ1v) is 5.35. The van der Waals surface area contributed by atoms with Crippen molar-refractivity contribution in [1.29, 1.82) is 0 Å². The summed E-state index contributed by atoms with van der Waals surface area (Å²) in [7, 11) is 2.12. The number of aliphatic imine (C=N–C) groups is 1. The minimum absolute atomic E-state index is 0.459. The van der Waals surface area contributed by atoms with Crippen LogP contribution in [0.15, 0.2) is 4.99 Å². The van der Waals surface area contributed by atoms with Gasteiger partial charge < -0.3 is 23.7 Å². The maximum absolute atomic E-state index is 13.9. The van der Waals surface area contributed by atoms with Gasteiger partial charge in [0.15, 0.2) is 18.5 Å². The van der Waals surface area contributed by atoms with Crippen molar-refractivity contribution in [2.24, 2.45) is 4.99 Å². The van der Waals surface area contributed by atoms with Gasteiger partial charge in [-0.15, -0.1) is 0 Å². The summed E-state index contributed by atoms with van der Waals surface area (Å²) < 4.78 is 36.5. The highest BCUT2D eigenvalue weighted by Gasteiger charge is 2.49. The van der Waals surface area contributed by atoms with E-state index in [0.29, 0.717) is 0 Å². The molecule has 1 saturated heterocycles. The molecule has 0 N–H and O–H groups in total. The predicted octanol–water partition coefficient (Wildman–Crippen LogP) is 0.320. The third-order valence-electron chi connectivity index (χ3n) is 2.38. The summed E-state index contributed by atoms with van der Waals surface area (Å²) in [5.74, 6) is 0. The predicted molar refractivity (Wildman–Crippen MR) is 57.3 cm³/mol. The summed E-state index contributed by atoms with van der Waals surface area (Å²) in [6, 6.07) is 0. The highest BCUT2D eigenvalue weighted by Crippen LogP contribution is 2.28. The molecular formula is C10H12FNO8. The lowest BCUT2D eigenvalue weighted by molar-refractivity contribution is -0.0493. The van der Waals surface area contributed by atoms with E-state index in [-0.39, 0.29) is 0 Å². The van der Waals surface area contributed by atoms with Crippen molar-refractivity contribution >= 4 is 18.4 Å². The number of halogens is 1. The van der Waals surface area contributed by atoms with Crippen LogP contribution in [0.25, 0.3) is 0 Å². The number of alkyl halides is 1. The van der Waals surface area contributed by atoms with Gasteiger partial charge >= 0.3 is 12.3 Å². The minimum Gasteiger partial charge on any atom is -0.438 e. The number of carbonyl (C=O) groups excluding carboxylic acids is 3. The molecule has 9 nitrogen and oxygen atoms in total. The topological polar surface area (TPSA) is 110 Å². The van der Waals surface area contributed by atoms with Gasteiger partial charge in [0, 0.05) is 0 Å². The zero-order chi connectivity index (χ0) is 15.1. The van der Waals surface area contributed by atoms with Crippen molar-refractivity contribution in [3.63, 3.8) is 0 Å². The number of carbonyl (C=O) groups is 2. The highest BCUT2D eigenvalue weighted by atomic mass is 19.1. The molecule has 20 heavy (non-hydrogen) atoms. The van der Waals surface area contributed by atoms with E-state index in [1.165, 1.54) is 0 Å². The first-order chi connectivity index (χ1) is 9.53. The third kappa shape index (κ3) is 3.90. The fourth-order valence-corrected chi connectivity index (χ4v) is 1.50. The Kier molecular flexibility index (Phi) is 5.88. The molecule has 0 amide bonds. The number of methoxy groups -OCH3 is 2. The number of hydrogen-bond donors (Lipinski definition) is 0. The van der Waals surface area contributed by atoms with Crippen LogP contribution in [-0.4, -0.2) is 63.8 Å². The molecule has 0 saturated carbocycles. The molecule has 10 heteroatoms. The van der Waals surface area contributed by atoms with E-state index in [9.17, 15) is 18.8 Å². The SMILES string of the molecule is COC(=O)OC[C@H]1OC(N=C=O)[C@@H](F)[C@@H]1OC(=O)OC. The molecular weight excluding hydrogens is 281 g/mol. The summed E-state index contributed by atoms with van der Waals surface area (Å²) in [6.45, 7) is -0.459. The van der Waals surface area contributed by atoms with Gasteiger partial charge in [-0.3, -0.25) is 0 Å². The van der Waals surface area contributed by atoms with Crippen molar-refractivity contribution in [2.45, 2.75) is 24.6 Å². The molecule has 0 radical (unpaired) electrons. The van der Waals surface area contributed by atoms with E-state index in [0.717, 1.165) is 20.3 Å². The lowest BCUT2D eigenvalue weighted by atomic mass is 10.1. The van der Waals surface area contributed by atoms with Crippen molar-refractivity contribution in [3.8, 4) is 0 Å². The average molecular weight is 293 g/mol. The van der Waals surface area contributed by atoms with Crippen LogP contribution in [0.1, 0.15) is 0 Å². The van der Waals surface area contributed by atoms with Crippen molar-refractivity contribution in [3.05, 3.63) is 0 Å². The van der Waals surface area contributed by atoms with Gasteiger partial charge in [-0.1, -0.05) is 0 Å². The number of rotatable bonds is 4. The van der Waals surface area contributed by atoms with Crippen LogP contribution in [0.2, 0.25) is 0 Å². The molecule has 1 fully saturated rings.